The monoisotopic (exact) mass is 334 g/mol. The van der Waals surface area contributed by atoms with Gasteiger partial charge in [0.25, 0.3) is 0 Å². The average molecular weight is 334 g/mol. The zero-order valence-corrected chi connectivity index (χ0v) is 14.4. The minimum absolute atomic E-state index is 0.0931. The molecule has 2 rings (SSSR count). The van der Waals surface area contributed by atoms with Gasteiger partial charge < -0.3 is 5.73 Å². The summed E-state index contributed by atoms with van der Waals surface area (Å²) in [5.41, 5.74) is 8.85. The summed E-state index contributed by atoms with van der Waals surface area (Å²) in [6.45, 7) is 5.77. The van der Waals surface area contributed by atoms with E-state index < -0.39 is 0 Å². The number of primary amides is 1. The molecule has 116 valence electrons. The number of hydrogen-bond acceptors (Lipinski definition) is 5. The number of thiazole rings is 1. The van der Waals surface area contributed by atoms with Crippen LogP contribution in [0.25, 0.3) is 0 Å². The highest BCUT2D eigenvalue weighted by Gasteiger charge is 2.14. The van der Waals surface area contributed by atoms with Crippen LogP contribution in [0.4, 0.5) is 0 Å². The third-order valence-electron chi connectivity index (χ3n) is 3.23. The fraction of sp³-hybridized carbons (Fsp3) is 0.312. The molecule has 4 nitrogen and oxygen atoms in total. The van der Waals surface area contributed by atoms with E-state index in [0.29, 0.717) is 5.75 Å². The molecule has 0 spiro atoms. The summed E-state index contributed by atoms with van der Waals surface area (Å²) in [6, 6.07) is 5.88. The van der Waals surface area contributed by atoms with Gasteiger partial charge in [0.1, 0.15) is 0 Å². The molecule has 2 N–H and O–H groups in total. The maximum atomic E-state index is 12.3. The first kappa shape index (κ1) is 16.7. The van der Waals surface area contributed by atoms with E-state index in [1.54, 1.807) is 0 Å². The molecule has 2 aromatic rings. The molecule has 0 saturated carbocycles. The third-order valence-corrected chi connectivity index (χ3v) is 5.53. The number of aryl methyl sites for hydroxylation is 3. The summed E-state index contributed by atoms with van der Waals surface area (Å²) in [4.78, 5) is 28.6. The maximum Gasteiger partial charge on any atom is 0.222 e. The van der Waals surface area contributed by atoms with Gasteiger partial charge in [-0.1, -0.05) is 29.5 Å². The lowest BCUT2D eigenvalue weighted by atomic mass is 10.0. The summed E-state index contributed by atoms with van der Waals surface area (Å²) < 4.78 is 0.799. The second-order valence-electron chi connectivity index (χ2n) is 5.16. The van der Waals surface area contributed by atoms with E-state index in [-0.39, 0.29) is 18.1 Å². The van der Waals surface area contributed by atoms with Crippen molar-refractivity contribution in [3.05, 3.63) is 45.5 Å². The molecule has 0 unspecified atom stereocenters. The van der Waals surface area contributed by atoms with E-state index in [1.807, 2.05) is 39.0 Å². The number of carbonyl (C=O) groups excluding carboxylic acids is 2. The van der Waals surface area contributed by atoms with E-state index in [4.69, 9.17) is 5.73 Å². The summed E-state index contributed by atoms with van der Waals surface area (Å²) in [7, 11) is 0. The minimum atomic E-state index is -0.366. The lowest BCUT2D eigenvalue weighted by Crippen LogP contribution is -2.13. The molecule has 0 aliphatic rings. The van der Waals surface area contributed by atoms with Crippen molar-refractivity contribution in [2.45, 2.75) is 31.5 Å². The van der Waals surface area contributed by atoms with E-state index in [2.05, 4.69) is 4.98 Å². The molecule has 0 aliphatic heterocycles. The highest BCUT2D eigenvalue weighted by atomic mass is 32.2. The van der Waals surface area contributed by atoms with Crippen LogP contribution in [0.15, 0.2) is 22.5 Å². The smallest absolute Gasteiger partial charge is 0.222 e. The molecule has 0 radical (unpaired) electrons. The van der Waals surface area contributed by atoms with Crippen LogP contribution in [0.1, 0.15) is 32.1 Å². The van der Waals surface area contributed by atoms with Crippen molar-refractivity contribution in [2.24, 2.45) is 5.73 Å². The Labute approximate surface area is 138 Å². The second kappa shape index (κ2) is 7.07. The predicted octanol–water partition coefficient (Wildman–Crippen LogP) is 3.07. The summed E-state index contributed by atoms with van der Waals surface area (Å²) in [5, 5.41) is 0. The SMILES string of the molecule is Cc1ccc(C)c(C(=O)CSc2nc(C)c(CC(N)=O)s2)c1. The molecule has 0 fully saturated rings. The number of nitrogens with zero attached hydrogens (tertiary/aromatic N) is 1. The molecule has 1 amide bonds. The van der Waals surface area contributed by atoms with Crippen LogP contribution in [-0.4, -0.2) is 22.4 Å². The molecule has 0 saturated heterocycles. The van der Waals surface area contributed by atoms with Crippen molar-refractivity contribution in [1.82, 2.24) is 4.98 Å². The van der Waals surface area contributed by atoms with Crippen LogP contribution >= 0.6 is 23.1 Å². The van der Waals surface area contributed by atoms with Crippen molar-refractivity contribution < 1.29 is 9.59 Å². The Bertz CT molecular complexity index is 723. The van der Waals surface area contributed by atoms with Gasteiger partial charge in [-0.15, -0.1) is 11.3 Å². The van der Waals surface area contributed by atoms with Gasteiger partial charge in [-0.25, -0.2) is 4.98 Å². The van der Waals surface area contributed by atoms with Crippen molar-refractivity contribution in [3.63, 3.8) is 0 Å². The molecule has 6 heteroatoms. The van der Waals surface area contributed by atoms with Crippen molar-refractivity contribution in [2.75, 3.05) is 5.75 Å². The zero-order chi connectivity index (χ0) is 16.3. The number of rotatable bonds is 6. The number of ketones is 1. The first-order valence-electron chi connectivity index (χ1n) is 6.84. The van der Waals surface area contributed by atoms with Gasteiger partial charge in [0.15, 0.2) is 10.1 Å². The Balaban J connectivity index is 2.05. The first-order valence-corrected chi connectivity index (χ1v) is 8.65. The highest BCUT2D eigenvalue weighted by molar-refractivity contribution is 8.01. The topological polar surface area (TPSA) is 73.1 Å². The number of Topliss-reactive ketones (excluding diaryl/α,β-unsaturated/α-hetero) is 1. The van der Waals surface area contributed by atoms with Crippen molar-refractivity contribution >= 4 is 34.8 Å². The number of carbonyl (C=O) groups is 2. The van der Waals surface area contributed by atoms with Crippen LogP contribution in [0.3, 0.4) is 0 Å². The van der Waals surface area contributed by atoms with Gasteiger partial charge >= 0.3 is 0 Å². The largest absolute Gasteiger partial charge is 0.369 e. The molecule has 1 heterocycles. The minimum Gasteiger partial charge on any atom is -0.369 e. The number of benzene rings is 1. The van der Waals surface area contributed by atoms with Crippen LogP contribution in [0.5, 0.6) is 0 Å². The Kier molecular flexibility index (Phi) is 5.37. The Hall–Kier alpha value is -1.66. The quantitative estimate of drug-likeness (QED) is 0.651. The van der Waals surface area contributed by atoms with Crippen LogP contribution in [-0.2, 0) is 11.2 Å². The van der Waals surface area contributed by atoms with Crippen LogP contribution < -0.4 is 5.73 Å². The van der Waals surface area contributed by atoms with E-state index in [9.17, 15) is 9.59 Å². The fourth-order valence-corrected chi connectivity index (χ4v) is 4.15. The second-order valence-corrected chi connectivity index (χ2v) is 7.47. The normalized spacial score (nSPS) is 10.7. The zero-order valence-electron chi connectivity index (χ0n) is 12.8. The van der Waals surface area contributed by atoms with E-state index in [1.165, 1.54) is 23.1 Å². The predicted molar refractivity (Wildman–Crippen MR) is 90.7 cm³/mol. The highest BCUT2D eigenvalue weighted by Crippen LogP contribution is 2.28. The maximum absolute atomic E-state index is 12.3. The first-order chi connectivity index (χ1) is 10.4. The lowest BCUT2D eigenvalue weighted by Gasteiger charge is -2.05. The third kappa shape index (κ3) is 4.18. The van der Waals surface area contributed by atoms with Gasteiger partial charge in [0.2, 0.25) is 5.91 Å². The summed E-state index contributed by atoms with van der Waals surface area (Å²) in [5.74, 6) is 0.0676. The average Bonchev–Trinajstić information content (AvgIpc) is 2.78. The van der Waals surface area contributed by atoms with Crippen molar-refractivity contribution in [1.29, 1.82) is 0 Å². The van der Waals surface area contributed by atoms with E-state index >= 15 is 0 Å². The van der Waals surface area contributed by atoms with Gasteiger partial charge in [-0.2, -0.15) is 0 Å². The number of aromatic nitrogens is 1. The van der Waals surface area contributed by atoms with Gasteiger partial charge in [-0.05, 0) is 32.4 Å². The molecule has 0 aliphatic carbocycles. The summed E-state index contributed by atoms with van der Waals surface area (Å²) in [6.07, 6.45) is 0.203. The molecule has 1 aromatic carbocycles. The molecular formula is C16H18N2O2S2. The number of hydrogen-bond donors (Lipinski definition) is 1. The van der Waals surface area contributed by atoms with Gasteiger partial charge in [0.05, 0.1) is 17.9 Å². The van der Waals surface area contributed by atoms with Crippen LogP contribution in [0, 0.1) is 20.8 Å². The molecule has 0 bridgehead atoms. The Morgan fingerprint density at radius 2 is 2.00 bits per heavy atom. The molecular weight excluding hydrogens is 316 g/mol. The molecule has 1 aromatic heterocycles. The Morgan fingerprint density at radius 3 is 2.68 bits per heavy atom. The Morgan fingerprint density at radius 1 is 1.27 bits per heavy atom. The molecule has 0 atom stereocenters. The number of amides is 1. The summed E-state index contributed by atoms with van der Waals surface area (Å²) >= 11 is 2.84. The fourth-order valence-electron chi connectivity index (χ4n) is 2.03. The van der Waals surface area contributed by atoms with Gasteiger partial charge in [-0.3, -0.25) is 9.59 Å². The number of thioether (sulfide) groups is 1. The standard InChI is InChI=1S/C16H18N2O2S2/c1-9-4-5-10(2)12(6-9)13(19)8-21-16-18-11(3)14(22-16)7-15(17)20/h4-6H,7-8H2,1-3H3,(H2,17,20). The van der Waals surface area contributed by atoms with Crippen molar-refractivity contribution in [3.8, 4) is 0 Å². The lowest BCUT2D eigenvalue weighted by molar-refractivity contribution is -0.117. The van der Waals surface area contributed by atoms with E-state index in [0.717, 1.165) is 31.6 Å². The number of nitrogens with two attached hydrogens (primary N) is 1. The van der Waals surface area contributed by atoms with Gasteiger partial charge in [0, 0.05) is 10.4 Å². The molecule has 22 heavy (non-hydrogen) atoms. The van der Waals surface area contributed by atoms with Crippen LogP contribution in [0.2, 0.25) is 0 Å².